The van der Waals surface area contributed by atoms with Crippen LogP contribution in [-0.4, -0.2) is 10.9 Å². The van der Waals surface area contributed by atoms with Crippen LogP contribution in [-0.2, 0) is 0 Å². The number of benzene rings is 1. The summed E-state index contributed by atoms with van der Waals surface area (Å²) in [7, 11) is 0. The Hall–Kier alpha value is -1.90. The van der Waals surface area contributed by atoms with Crippen LogP contribution in [0.3, 0.4) is 0 Å². The van der Waals surface area contributed by atoms with Crippen LogP contribution in [0, 0.1) is 6.20 Å². The van der Waals surface area contributed by atoms with Gasteiger partial charge in [0.1, 0.15) is 6.20 Å². The minimum atomic E-state index is -0.502. The van der Waals surface area contributed by atoms with Crippen LogP contribution in [0.4, 0.5) is 0 Å². The highest BCUT2D eigenvalue weighted by molar-refractivity contribution is 5.95. The zero-order valence-corrected chi connectivity index (χ0v) is 6.82. The summed E-state index contributed by atoms with van der Waals surface area (Å²) in [6.07, 6.45) is 2.59. The Balaban J connectivity index is 2.69. The van der Waals surface area contributed by atoms with Crippen molar-refractivity contribution in [3.05, 3.63) is 42.1 Å². The van der Waals surface area contributed by atoms with Crippen molar-refractivity contribution in [2.75, 3.05) is 0 Å². The molecule has 2 aromatic rings. The van der Waals surface area contributed by atoms with Crippen LogP contribution in [0.1, 0.15) is 10.4 Å². The Morgan fingerprint density at radius 1 is 1.38 bits per heavy atom. The molecule has 0 fully saturated rings. The van der Waals surface area contributed by atoms with Gasteiger partial charge in [0, 0.05) is 5.39 Å². The number of hydrogen-bond acceptors (Lipinski definition) is 2. The summed E-state index contributed by atoms with van der Waals surface area (Å²) in [5.74, 6) is -0.502. The zero-order chi connectivity index (χ0) is 9.26. The van der Waals surface area contributed by atoms with Crippen molar-refractivity contribution >= 4 is 16.8 Å². The first-order valence-electron chi connectivity index (χ1n) is 3.84. The highest BCUT2D eigenvalue weighted by Crippen LogP contribution is 2.11. The van der Waals surface area contributed by atoms with Gasteiger partial charge in [0.05, 0.1) is 11.1 Å². The first kappa shape index (κ1) is 7.73. The van der Waals surface area contributed by atoms with Gasteiger partial charge in [0.25, 0.3) is 5.91 Å². The normalized spacial score (nSPS) is 10.2. The number of aromatic nitrogens is 1. The first-order valence-corrected chi connectivity index (χ1v) is 3.84. The van der Waals surface area contributed by atoms with E-state index in [4.69, 9.17) is 5.73 Å². The van der Waals surface area contributed by atoms with Gasteiger partial charge in [0.2, 0.25) is 0 Å². The van der Waals surface area contributed by atoms with E-state index >= 15 is 0 Å². The van der Waals surface area contributed by atoms with Crippen LogP contribution in [0.5, 0.6) is 0 Å². The Labute approximate surface area is 75.2 Å². The molecule has 2 rings (SSSR count). The number of nitrogens with zero attached hydrogens (tertiary/aromatic N) is 1. The summed E-state index contributed by atoms with van der Waals surface area (Å²) >= 11 is 0. The highest BCUT2D eigenvalue weighted by Gasteiger charge is 2.01. The van der Waals surface area contributed by atoms with E-state index in [0.717, 1.165) is 10.9 Å². The molecular weight excluding hydrogens is 164 g/mol. The third kappa shape index (κ3) is 1.36. The molecule has 1 heterocycles. The molecule has 0 spiro atoms. The molecule has 0 atom stereocenters. The number of fused-ring (bicyclic) bond motifs is 1. The molecular formula is C10H7N2O. The van der Waals surface area contributed by atoms with Crippen LogP contribution >= 0.6 is 0 Å². The number of amides is 1. The molecule has 3 heteroatoms. The fourth-order valence-corrected chi connectivity index (χ4v) is 1.15. The number of hydrogen-bond donors (Lipinski definition) is 1. The van der Waals surface area contributed by atoms with Crippen LogP contribution in [0.2, 0.25) is 0 Å². The average Bonchev–Trinajstić information content (AvgIpc) is 2.17. The van der Waals surface area contributed by atoms with Crippen LogP contribution < -0.4 is 5.73 Å². The number of rotatable bonds is 1. The number of carbonyl (C=O) groups is 1. The predicted molar refractivity (Wildman–Crippen MR) is 49.1 cm³/mol. The predicted octanol–water partition coefficient (Wildman–Crippen LogP) is 1.13. The standard InChI is InChI=1S/C10H7N2O/c11-10(13)8-5-7-3-1-2-4-9(7)12-6-8/h1-5H,(H2,11,13). The largest absolute Gasteiger partial charge is 0.366 e. The first-order chi connectivity index (χ1) is 6.27. The fraction of sp³-hybridized carbons (Fsp3) is 0. The van der Waals surface area contributed by atoms with Gasteiger partial charge in [-0.25, -0.2) is 4.98 Å². The van der Waals surface area contributed by atoms with Crippen molar-refractivity contribution in [3.8, 4) is 0 Å². The van der Waals surface area contributed by atoms with Crippen molar-refractivity contribution in [2.45, 2.75) is 0 Å². The van der Waals surface area contributed by atoms with Gasteiger partial charge in [0.15, 0.2) is 0 Å². The Bertz CT molecular complexity index is 465. The van der Waals surface area contributed by atoms with Gasteiger partial charge in [-0.05, 0) is 12.1 Å². The van der Waals surface area contributed by atoms with E-state index in [2.05, 4.69) is 11.2 Å². The molecule has 13 heavy (non-hydrogen) atoms. The van der Waals surface area contributed by atoms with Crippen molar-refractivity contribution in [2.24, 2.45) is 5.73 Å². The molecule has 3 nitrogen and oxygen atoms in total. The number of para-hydroxylation sites is 1. The molecule has 0 saturated heterocycles. The van der Waals surface area contributed by atoms with E-state index in [1.807, 2.05) is 24.3 Å². The van der Waals surface area contributed by atoms with E-state index in [1.165, 1.54) is 0 Å². The maximum absolute atomic E-state index is 10.8. The Kier molecular flexibility index (Phi) is 1.70. The maximum Gasteiger partial charge on any atom is 0.250 e. The second-order valence-corrected chi connectivity index (χ2v) is 2.70. The fourth-order valence-electron chi connectivity index (χ4n) is 1.15. The van der Waals surface area contributed by atoms with Gasteiger partial charge in [-0.2, -0.15) is 0 Å². The molecule has 0 bridgehead atoms. The van der Waals surface area contributed by atoms with Gasteiger partial charge in [-0.15, -0.1) is 0 Å². The van der Waals surface area contributed by atoms with Crippen molar-refractivity contribution in [1.29, 1.82) is 0 Å². The second kappa shape index (κ2) is 2.86. The minimum Gasteiger partial charge on any atom is -0.366 e. The Morgan fingerprint density at radius 2 is 2.15 bits per heavy atom. The van der Waals surface area contributed by atoms with Crippen molar-refractivity contribution in [1.82, 2.24) is 4.98 Å². The zero-order valence-electron chi connectivity index (χ0n) is 6.82. The SMILES string of the molecule is NC(=O)c1[c]nc2ccccc2c1. The quantitative estimate of drug-likeness (QED) is 0.699. The lowest BCUT2D eigenvalue weighted by atomic mass is 10.1. The van der Waals surface area contributed by atoms with Gasteiger partial charge in [-0.3, -0.25) is 4.79 Å². The smallest absolute Gasteiger partial charge is 0.250 e. The molecule has 63 valence electrons. The lowest BCUT2D eigenvalue weighted by molar-refractivity contribution is 0.1000. The molecule has 1 aromatic carbocycles. The van der Waals surface area contributed by atoms with Crippen LogP contribution in [0.15, 0.2) is 30.3 Å². The second-order valence-electron chi connectivity index (χ2n) is 2.70. The molecule has 1 amide bonds. The van der Waals surface area contributed by atoms with Crippen molar-refractivity contribution < 1.29 is 4.79 Å². The molecule has 2 N–H and O–H groups in total. The Morgan fingerprint density at radius 3 is 2.92 bits per heavy atom. The summed E-state index contributed by atoms with van der Waals surface area (Å²) in [5, 5.41) is 0.898. The van der Waals surface area contributed by atoms with E-state index < -0.39 is 5.91 Å². The average molecular weight is 171 g/mol. The van der Waals surface area contributed by atoms with Gasteiger partial charge >= 0.3 is 0 Å². The molecule has 0 aliphatic rings. The maximum atomic E-state index is 10.8. The van der Waals surface area contributed by atoms with E-state index in [0.29, 0.717) is 5.56 Å². The number of nitrogens with two attached hydrogens (primary N) is 1. The summed E-state index contributed by atoms with van der Waals surface area (Å²) < 4.78 is 0. The number of primary amides is 1. The monoisotopic (exact) mass is 171 g/mol. The summed E-state index contributed by atoms with van der Waals surface area (Å²) in [6.45, 7) is 0. The highest BCUT2D eigenvalue weighted by atomic mass is 16.1. The third-order valence-corrected chi connectivity index (χ3v) is 1.80. The summed E-state index contributed by atoms with van der Waals surface area (Å²) in [6, 6.07) is 9.19. The van der Waals surface area contributed by atoms with Gasteiger partial charge < -0.3 is 5.73 Å². The van der Waals surface area contributed by atoms with Gasteiger partial charge in [-0.1, -0.05) is 18.2 Å². The molecule has 0 unspecified atom stereocenters. The van der Waals surface area contributed by atoms with E-state index in [1.54, 1.807) is 6.07 Å². The lowest BCUT2D eigenvalue weighted by Gasteiger charge is -1.97. The molecule has 1 aromatic heterocycles. The van der Waals surface area contributed by atoms with E-state index in [-0.39, 0.29) is 0 Å². The molecule has 1 radical (unpaired) electrons. The van der Waals surface area contributed by atoms with Crippen molar-refractivity contribution in [3.63, 3.8) is 0 Å². The van der Waals surface area contributed by atoms with E-state index in [9.17, 15) is 4.79 Å². The summed E-state index contributed by atoms with van der Waals surface area (Å²) in [5.41, 5.74) is 6.23. The third-order valence-electron chi connectivity index (χ3n) is 1.80. The molecule has 0 aliphatic heterocycles. The van der Waals surface area contributed by atoms with Crippen LogP contribution in [0.25, 0.3) is 10.9 Å². The molecule has 0 saturated carbocycles. The lowest BCUT2D eigenvalue weighted by Crippen LogP contribution is -2.11. The number of carbonyl (C=O) groups excluding carboxylic acids is 1. The summed E-state index contributed by atoms with van der Waals surface area (Å²) in [4.78, 5) is 14.8. The minimum absolute atomic E-state index is 0.318. The topological polar surface area (TPSA) is 56.0 Å². The molecule has 0 aliphatic carbocycles. The number of pyridine rings is 1.